The quantitative estimate of drug-likeness (QED) is 0.634. The molecule has 1 heterocycles. The first-order chi connectivity index (χ1) is 12.2. The molecule has 3 rings (SSSR count). The van der Waals surface area contributed by atoms with Crippen molar-refractivity contribution in [2.75, 3.05) is 23.9 Å². The third-order valence-corrected chi connectivity index (χ3v) is 4.66. The van der Waals surface area contributed by atoms with Gasteiger partial charge in [0, 0.05) is 28.4 Å². The van der Waals surface area contributed by atoms with Crippen LogP contribution in [0.5, 0.6) is 5.75 Å². The van der Waals surface area contributed by atoms with E-state index in [1.54, 1.807) is 37.6 Å². The Morgan fingerprint density at radius 3 is 2.60 bits per heavy atom. The van der Waals surface area contributed by atoms with Crippen LogP contribution < -0.4 is 10.1 Å². The molecule has 2 aromatic carbocycles. The number of hydrogen-bond acceptors (Lipinski definition) is 4. The molecule has 0 saturated heterocycles. The van der Waals surface area contributed by atoms with E-state index in [-0.39, 0.29) is 23.2 Å². The second-order valence-corrected chi connectivity index (χ2v) is 6.43. The van der Waals surface area contributed by atoms with E-state index in [0.717, 1.165) is 16.7 Å². The first-order valence-corrected chi connectivity index (χ1v) is 8.94. The number of ketones is 1. The molecule has 1 aromatic heterocycles. The molecule has 5 nitrogen and oxygen atoms in total. The van der Waals surface area contributed by atoms with Crippen molar-refractivity contribution in [1.29, 1.82) is 0 Å². The minimum atomic E-state index is -0.137. The van der Waals surface area contributed by atoms with Gasteiger partial charge >= 0.3 is 0 Å². The molecule has 2 N–H and O–H groups in total. The van der Waals surface area contributed by atoms with E-state index in [0.29, 0.717) is 11.3 Å². The number of aromatic amines is 1. The number of rotatable bonds is 7. The SMILES string of the molecule is COc1ccc(NC(=O)CSCC(=O)c2c[nH]c3ccccc23)cc1. The van der Waals surface area contributed by atoms with E-state index in [2.05, 4.69) is 10.3 Å². The fourth-order valence-electron chi connectivity index (χ4n) is 2.49. The number of anilines is 1. The van der Waals surface area contributed by atoms with Crippen LogP contribution in [0.15, 0.2) is 54.7 Å². The zero-order chi connectivity index (χ0) is 17.6. The highest BCUT2D eigenvalue weighted by Crippen LogP contribution is 2.20. The van der Waals surface area contributed by atoms with Crippen LogP contribution in [0, 0.1) is 0 Å². The third kappa shape index (κ3) is 4.22. The normalized spacial score (nSPS) is 10.6. The standard InChI is InChI=1S/C19H18N2O3S/c1-24-14-8-6-13(7-9-14)21-19(23)12-25-11-18(22)16-10-20-17-5-3-2-4-15(16)17/h2-10,20H,11-12H2,1H3,(H,21,23). The van der Waals surface area contributed by atoms with Crippen molar-refractivity contribution in [3.05, 3.63) is 60.3 Å². The predicted molar refractivity (Wildman–Crippen MR) is 102 cm³/mol. The average Bonchev–Trinajstić information content (AvgIpc) is 3.06. The van der Waals surface area contributed by atoms with Crippen LogP contribution in [0.4, 0.5) is 5.69 Å². The van der Waals surface area contributed by atoms with Crippen LogP contribution in [-0.4, -0.2) is 35.3 Å². The second kappa shape index (κ2) is 7.90. The van der Waals surface area contributed by atoms with Gasteiger partial charge in [-0.15, -0.1) is 11.8 Å². The fraction of sp³-hybridized carbons (Fsp3) is 0.158. The highest BCUT2D eigenvalue weighted by atomic mass is 32.2. The van der Waals surface area contributed by atoms with Gasteiger partial charge in [-0.1, -0.05) is 18.2 Å². The van der Waals surface area contributed by atoms with E-state index in [1.807, 2.05) is 24.3 Å². The van der Waals surface area contributed by atoms with Gasteiger partial charge in [0.1, 0.15) is 5.75 Å². The topological polar surface area (TPSA) is 71.2 Å². The van der Waals surface area contributed by atoms with Gasteiger partial charge in [0.2, 0.25) is 5.91 Å². The van der Waals surface area contributed by atoms with Gasteiger partial charge in [-0.25, -0.2) is 0 Å². The summed E-state index contributed by atoms with van der Waals surface area (Å²) >= 11 is 1.30. The van der Waals surface area contributed by atoms with Crippen LogP contribution in [0.25, 0.3) is 10.9 Å². The Morgan fingerprint density at radius 1 is 1.08 bits per heavy atom. The van der Waals surface area contributed by atoms with Crippen LogP contribution in [0.1, 0.15) is 10.4 Å². The van der Waals surface area contributed by atoms with E-state index in [4.69, 9.17) is 4.74 Å². The van der Waals surface area contributed by atoms with E-state index in [9.17, 15) is 9.59 Å². The molecule has 0 bridgehead atoms. The van der Waals surface area contributed by atoms with Gasteiger partial charge in [-0.2, -0.15) is 0 Å². The Hall–Kier alpha value is -2.73. The maximum Gasteiger partial charge on any atom is 0.234 e. The summed E-state index contributed by atoms with van der Waals surface area (Å²) in [4.78, 5) is 27.4. The number of aromatic nitrogens is 1. The smallest absolute Gasteiger partial charge is 0.234 e. The van der Waals surface area contributed by atoms with Gasteiger partial charge in [0.25, 0.3) is 0 Å². The Kier molecular flexibility index (Phi) is 5.40. The number of thioether (sulfide) groups is 1. The summed E-state index contributed by atoms with van der Waals surface area (Å²) in [6.07, 6.45) is 1.73. The van der Waals surface area contributed by atoms with Gasteiger partial charge < -0.3 is 15.0 Å². The van der Waals surface area contributed by atoms with Gasteiger partial charge in [0.15, 0.2) is 5.78 Å². The number of Topliss-reactive ketones (excluding diaryl/α,β-unsaturated/α-hetero) is 1. The average molecular weight is 354 g/mol. The first kappa shape index (κ1) is 17.1. The largest absolute Gasteiger partial charge is 0.497 e. The number of carbonyl (C=O) groups excluding carboxylic acids is 2. The van der Waals surface area contributed by atoms with Crippen molar-refractivity contribution in [1.82, 2.24) is 4.98 Å². The summed E-state index contributed by atoms with van der Waals surface area (Å²) in [7, 11) is 1.59. The summed E-state index contributed by atoms with van der Waals surface area (Å²) in [5, 5.41) is 3.71. The van der Waals surface area contributed by atoms with Crippen LogP contribution in [0.2, 0.25) is 0 Å². The Morgan fingerprint density at radius 2 is 1.84 bits per heavy atom. The van der Waals surface area contributed by atoms with Crippen LogP contribution in [-0.2, 0) is 4.79 Å². The molecule has 128 valence electrons. The number of ether oxygens (including phenoxy) is 1. The lowest BCUT2D eigenvalue weighted by molar-refractivity contribution is -0.113. The lowest BCUT2D eigenvalue weighted by atomic mass is 10.1. The monoisotopic (exact) mass is 354 g/mol. The Bertz CT molecular complexity index is 887. The molecule has 0 radical (unpaired) electrons. The number of benzene rings is 2. The van der Waals surface area contributed by atoms with Gasteiger partial charge in [-0.3, -0.25) is 9.59 Å². The van der Waals surface area contributed by atoms with Gasteiger partial charge in [0.05, 0.1) is 18.6 Å². The zero-order valence-corrected chi connectivity index (χ0v) is 14.6. The van der Waals surface area contributed by atoms with Crippen LogP contribution in [0.3, 0.4) is 0 Å². The molecule has 1 amide bonds. The summed E-state index contributed by atoms with van der Waals surface area (Å²) < 4.78 is 5.07. The number of carbonyl (C=O) groups is 2. The molecule has 0 saturated carbocycles. The number of H-pyrrole nitrogens is 1. The predicted octanol–water partition coefficient (Wildman–Crippen LogP) is 3.73. The summed E-state index contributed by atoms with van der Waals surface area (Å²) in [6.45, 7) is 0. The molecule has 3 aromatic rings. The number of hydrogen-bond donors (Lipinski definition) is 2. The van der Waals surface area contributed by atoms with E-state index >= 15 is 0 Å². The summed E-state index contributed by atoms with van der Waals surface area (Å²) in [5.41, 5.74) is 2.31. The molecule has 0 aliphatic heterocycles. The lowest BCUT2D eigenvalue weighted by Crippen LogP contribution is -2.15. The molecule has 0 atom stereocenters. The van der Waals surface area contributed by atoms with Crippen molar-refractivity contribution in [3.8, 4) is 5.75 Å². The minimum Gasteiger partial charge on any atom is -0.497 e. The van der Waals surface area contributed by atoms with E-state index in [1.165, 1.54) is 11.8 Å². The first-order valence-electron chi connectivity index (χ1n) is 7.78. The molecule has 0 aliphatic carbocycles. The number of methoxy groups -OCH3 is 1. The number of fused-ring (bicyclic) bond motifs is 1. The third-order valence-electron chi connectivity index (χ3n) is 3.73. The van der Waals surface area contributed by atoms with Crippen molar-refractivity contribution >= 4 is 40.0 Å². The second-order valence-electron chi connectivity index (χ2n) is 5.44. The molecule has 0 aliphatic rings. The number of nitrogens with one attached hydrogen (secondary N) is 2. The van der Waals surface area contributed by atoms with Crippen molar-refractivity contribution in [2.45, 2.75) is 0 Å². The number of amides is 1. The zero-order valence-electron chi connectivity index (χ0n) is 13.7. The summed E-state index contributed by atoms with van der Waals surface area (Å²) in [6, 6.07) is 14.8. The molecule has 6 heteroatoms. The molecular weight excluding hydrogens is 336 g/mol. The fourth-order valence-corrected chi connectivity index (χ4v) is 3.19. The summed E-state index contributed by atoms with van der Waals surface area (Å²) in [5.74, 6) is 1.09. The van der Waals surface area contributed by atoms with E-state index < -0.39 is 0 Å². The Balaban J connectivity index is 1.50. The van der Waals surface area contributed by atoms with Crippen LogP contribution >= 0.6 is 11.8 Å². The molecule has 0 fully saturated rings. The number of para-hydroxylation sites is 1. The van der Waals surface area contributed by atoms with Crippen molar-refractivity contribution in [3.63, 3.8) is 0 Å². The molecule has 0 unspecified atom stereocenters. The maximum atomic E-state index is 12.3. The highest BCUT2D eigenvalue weighted by Gasteiger charge is 2.12. The minimum absolute atomic E-state index is 0.0136. The van der Waals surface area contributed by atoms with Gasteiger partial charge in [-0.05, 0) is 30.3 Å². The van der Waals surface area contributed by atoms with Crippen molar-refractivity contribution in [2.24, 2.45) is 0 Å². The molecule has 25 heavy (non-hydrogen) atoms. The maximum absolute atomic E-state index is 12.3. The lowest BCUT2D eigenvalue weighted by Gasteiger charge is -2.06. The highest BCUT2D eigenvalue weighted by molar-refractivity contribution is 8.00. The molecular formula is C19H18N2O3S. The van der Waals surface area contributed by atoms with Crippen molar-refractivity contribution < 1.29 is 14.3 Å². The molecule has 0 spiro atoms. The Labute approximate surface area is 149 Å².